The Labute approximate surface area is 178 Å². The third-order valence-corrected chi connectivity index (χ3v) is 6.39. The van der Waals surface area contributed by atoms with Crippen LogP contribution in [-0.2, 0) is 21.4 Å². The van der Waals surface area contributed by atoms with Crippen LogP contribution in [0.2, 0.25) is 5.02 Å². The molecule has 154 valence electrons. The maximum absolute atomic E-state index is 13.2. The van der Waals surface area contributed by atoms with E-state index in [4.69, 9.17) is 16.9 Å². The van der Waals surface area contributed by atoms with Gasteiger partial charge >= 0.3 is 0 Å². The van der Waals surface area contributed by atoms with Crippen LogP contribution in [0.4, 0.5) is 11.4 Å². The number of nitrogens with one attached hydrogen (secondary N) is 1. The average molecular weight is 445 g/mol. The van der Waals surface area contributed by atoms with Gasteiger partial charge in [-0.3, -0.25) is 13.7 Å². The zero-order valence-corrected chi connectivity index (χ0v) is 17.4. The number of carbonyl (C=O) groups is 1. The van der Waals surface area contributed by atoms with Crippen molar-refractivity contribution in [1.29, 1.82) is 5.26 Å². The van der Waals surface area contributed by atoms with E-state index in [9.17, 15) is 13.2 Å². The van der Waals surface area contributed by atoms with Gasteiger partial charge in [0.2, 0.25) is 11.7 Å². The largest absolute Gasteiger partial charge is 0.323 e. The molecule has 0 unspecified atom stereocenters. The highest BCUT2D eigenvalue weighted by Crippen LogP contribution is 2.29. The quantitative estimate of drug-likeness (QED) is 0.598. The Bertz CT molecular complexity index is 1200. The number of halogens is 1. The van der Waals surface area contributed by atoms with Gasteiger partial charge in [-0.25, -0.2) is 8.42 Å². The molecule has 3 rings (SSSR count). The van der Waals surface area contributed by atoms with Crippen molar-refractivity contribution < 1.29 is 13.2 Å². The minimum absolute atomic E-state index is 0.0186. The summed E-state index contributed by atoms with van der Waals surface area (Å²) in [5.41, 5.74) is 0.663. The fourth-order valence-electron chi connectivity index (χ4n) is 2.78. The lowest BCUT2D eigenvalue weighted by Gasteiger charge is -2.23. The Morgan fingerprint density at radius 2 is 2.00 bits per heavy atom. The molecule has 0 fully saturated rings. The van der Waals surface area contributed by atoms with Crippen LogP contribution in [0.5, 0.6) is 0 Å². The Morgan fingerprint density at radius 1 is 1.27 bits per heavy atom. The monoisotopic (exact) mass is 444 g/mol. The van der Waals surface area contributed by atoms with Gasteiger partial charge in [0.05, 0.1) is 21.3 Å². The van der Waals surface area contributed by atoms with Gasteiger partial charge < -0.3 is 5.32 Å². The fraction of sp³-hybridized carbons (Fsp3) is 0.158. The summed E-state index contributed by atoms with van der Waals surface area (Å²) < 4.78 is 28.9. The maximum atomic E-state index is 13.2. The van der Waals surface area contributed by atoms with Gasteiger partial charge in [-0.2, -0.15) is 5.26 Å². The molecule has 0 aliphatic heterocycles. The van der Waals surface area contributed by atoms with Crippen molar-refractivity contribution in [2.24, 2.45) is 0 Å². The van der Waals surface area contributed by atoms with Gasteiger partial charge in [0.25, 0.3) is 10.0 Å². The van der Waals surface area contributed by atoms with E-state index < -0.39 is 15.9 Å². The third-order valence-electron chi connectivity index (χ3n) is 4.16. The first-order valence-corrected chi connectivity index (χ1v) is 10.6. The van der Waals surface area contributed by atoms with Gasteiger partial charge in [0.1, 0.15) is 18.9 Å². The zero-order chi connectivity index (χ0) is 21.7. The molecule has 0 aliphatic rings. The number of sulfonamides is 1. The summed E-state index contributed by atoms with van der Waals surface area (Å²) in [6.07, 6.45) is 1.25. The Hall–Kier alpha value is -3.42. The molecule has 0 atom stereocenters. The van der Waals surface area contributed by atoms with Crippen LogP contribution >= 0.6 is 11.6 Å². The number of hydrogen-bond donors (Lipinski definition) is 1. The second-order valence-corrected chi connectivity index (χ2v) is 8.36. The molecular weight excluding hydrogens is 428 g/mol. The Morgan fingerprint density at radius 3 is 2.67 bits per heavy atom. The first-order valence-electron chi connectivity index (χ1n) is 8.82. The summed E-state index contributed by atoms with van der Waals surface area (Å²) in [5, 5.41) is 18.8. The summed E-state index contributed by atoms with van der Waals surface area (Å²) >= 11 is 6.15. The fourth-order valence-corrected chi connectivity index (χ4v) is 4.44. The van der Waals surface area contributed by atoms with Crippen LogP contribution < -0.4 is 9.62 Å². The molecule has 0 aliphatic carbocycles. The lowest BCUT2D eigenvalue weighted by atomic mass is 10.3. The van der Waals surface area contributed by atoms with Crippen molar-refractivity contribution in [2.45, 2.75) is 18.4 Å². The lowest BCUT2D eigenvalue weighted by molar-refractivity contribution is -0.116. The van der Waals surface area contributed by atoms with E-state index in [0.717, 1.165) is 0 Å². The SMILES string of the molecule is CCN(c1ccccc1)S(=O)(=O)c1ccc(Cl)c(NC(=O)Cn2cnnc2C#N)c1. The van der Waals surface area contributed by atoms with Crippen molar-refractivity contribution >= 4 is 38.9 Å². The highest BCUT2D eigenvalue weighted by Gasteiger charge is 2.24. The molecule has 11 heteroatoms. The van der Waals surface area contributed by atoms with Crippen molar-refractivity contribution in [2.75, 3.05) is 16.2 Å². The van der Waals surface area contributed by atoms with E-state index in [1.165, 1.54) is 33.4 Å². The van der Waals surface area contributed by atoms with Crippen molar-refractivity contribution in [1.82, 2.24) is 14.8 Å². The van der Waals surface area contributed by atoms with Gasteiger partial charge in [0.15, 0.2) is 0 Å². The molecule has 1 heterocycles. The number of amides is 1. The van der Waals surface area contributed by atoms with Crippen LogP contribution in [0, 0.1) is 11.3 Å². The van der Waals surface area contributed by atoms with Crippen molar-refractivity contribution in [3.8, 4) is 6.07 Å². The first-order chi connectivity index (χ1) is 14.4. The summed E-state index contributed by atoms with van der Waals surface area (Å²) in [6.45, 7) is 1.73. The van der Waals surface area contributed by atoms with E-state index >= 15 is 0 Å². The number of hydrogen-bond acceptors (Lipinski definition) is 6. The van der Waals surface area contributed by atoms with Gasteiger partial charge in [0, 0.05) is 6.54 Å². The highest BCUT2D eigenvalue weighted by atomic mass is 35.5. The number of carbonyl (C=O) groups excluding carboxylic acids is 1. The first kappa shape index (κ1) is 21.3. The Kier molecular flexibility index (Phi) is 6.34. The number of para-hydroxylation sites is 1. The predicted octanol–water partition coefficient (Wildman–Crippen LogP) is 2.66. The molecule has 0 bridgehead atoms. The van der Waals surface area contributed by atoms with Crippen LogP contribution in [0.15, 0.2) is 59.8 Å². The summed E-state index contributed by atoms with van der Waals surface area (Å²) in [5.74, 6) is -0.535. The lowest BCUT2D eigenvalue weighted by Crippen LogP contribution is -2.30. The number of nitriles is 1. The Balaban J connectivity index is 1.87. The van der Waals surface area contributed by atoms with Crippen LogP contribution in [0.1, 0.15) is 12.7 Å². The highest BCUT2D eigenvalue weighted by molar-refractivity contribution is 7.92. The number of nitrogens with zero attached hydrogens (tertiary/aromatic N) is 5. The van der Waals surface area contributed by atoms with E-state index in [-0.39, 0.29) is 34.5 Å². The van der Waals surface area contributed by atoms with Crippen molar-refractivity contribution in [3.63, 3.8) is 0 Å². The molecular formula is C19H17ClN6O3S. The minimum Gasteiger partial charge on any atom is -0.323 e. The molecule has 0 spiro atoms. The van der Waals surface area contributed by atoms with Gasteiger partial charge in [-0.05, 0) is 37.3 Å². The third kappa shape index (κ3) is 4.42. The van der Waals surface area contributed by atoms with Gasteiger partial charge in [-0.15, -0.1) is 10.2 Å². The molecule has 0 radical (unpaired) electrons. The standard InChI is InChI=1S/C19H17ClN6O3S/c1-2-26(14-6-4-3-5-7-14)30(28,29)15-8-9-16(20)17(10-15)23-19(27)12-25-13-22-24-18(25)11-21/h3-10,13H,2,12H2,1H3,(H,23,27). The zero-order valence-electron chi connectivity index (χ0n) is 15.9. The summed E-state index contributed by atoms with van der Waals surface area (Å²) in [7, 11) is -3.88. The topological polar surface area (TPSA) is 121 Å². The minimum atomic E-state index is -3.88. The van der Waals surface area contributed by atoms with Crippen LogP contribution in [0.25, 0.3) is 0 Å². The summed E-state index contributed by atoms with van der Waals surface area (Å²) in [4.78, 5) is 12.3. The second kappa shape index (κ2) is 8.94. The van der Waals surface area contributed by atoms with Crippen LogP contribution in [-0.4, -0.2) is 35.6 Å². The molecule has 9 nitrogen and oxygen atoms in total. The second-order valence-electron chi connectivity index (χ2n) is 6.09. The average Bonchev–Trinajstić information content (AvgIpc) is 3.17. The van der Waals surface area contributed by atoms with E-state index in [1.807, 2.05) is 6.07 Å². The van der Waals surface area contributed by atoms with E-state index in [2.05, 4.69) is 15.5 Å². The normalized spacial score (nSPS) is 11.0. The number of rotatable bonds is 7. The number of anilines is 2. The van der Waals surface area contributed by atoms with E-state index in [1.54, 1.807) is 37.3 Å². The molecule has 30 heavy (non-hydrogen) atoms. The molecule has 0 saturated heterocycles. The molecule has 1 aromatic heterocycles. The smallest absolute Gasteiger partial charge is 0.264 e. The summed E-state index contributed by atoms with van der Waals surface area (Å²) in [6, 6.07) is 14.6. The van der Waals surface area contributed by atoms with E-state index in [0.29, 0.717) is 5.69 Å². The molecule has 2 aromatic carbocycles. The molecule has 3 aromatic rings. The molecule has 1 amide bonds. The molecule has 1 N–H and O–H groups in total. The predicted molar refractivity (Wildman–Crippen MR) is 111 cm³/mol. The number of aromatic nitrogens is 3. The maximum Gasteiger partial charge on any atom is 0.264 e. The number of benzene rings is 2. The van der Waals surface area contributed by atoms with Crippen molar-refractivity contribution in [3.05, 3.63) is 65.7 Å². The molecule has 0 saturated carbocycles. The van der Waals surface area contributed by atoms with Crippen LogP contribution in [0.3, 0.4) is 0 Å². The van der Waals surface area contributed by atoms with Gasteiger partial charge in [-0.1, -0.05) is 29.8 Å².